The predicted octanol–water partition coefficient (Wildman–Crippen LogP) is 2.03. The van der Waals surface area contributed by atoms with Gasteiger partial charge in [0.25, 0.3) is 0 Å². The molecule has 0 saturated carbocycles. The van der Waals surface area contributed by atoms with E-state index in [1.54, 1.807) is 19.1 Å². The van der Waals surface area contributed by atoms with Gasteiger partial charge in [-0.25, -0.2) is 4.79 Å². The van der Waals surface area contributed by atoms with Crippen LogP contribution in [-0.4, -0.2) is 40.3 Å². The van der Waals surface area contributed by atoms with E-state index in [0.29, 0.717) is 24.3 Å². The number of Topliss-reactive ketones (excluding diaryl/α,β-unsaturated/α-hetero) is 1. The third-order valence-corrected chi connectivity index (χ3v) is 4.44. The van der Waals surface area contributed by atoms with Crippen LogP contribution in [0.1, 0.15) is 35.9 Å². The Bertz CT molecular complexity index is 511. The van der Waals surface area contributed by atoms with Crippen LogP contribution >= 0.6 is 11.3 Å². The highest BCUT2D eigenvalue weighted by Gasteiger charge is 2.36. The molecule has 20 heavy (non-hydrogen) atoms. The van der Waals surface area contributed by atoms with E-state index in [0.717, 1.165) is 0 Å². The summed E-state index contributed by atoms with van der Waals surface area (Å²) in [6.45, 7) is 2.15. The number of carbonyl (C=O) groups excluding carboxylic acids is 2. The van der Waals surface area contributed by atoms with Crippen molar-refractivity contribution < 1.29 is 19.5 Å². The molecule has 0 bridgehead atoms. The summed E-state index contributed by atoms with van der Waals surface area (Å²) >= 11 is 1.35. The first-order valence-electron chi connectivity index (χ1n) is 6.60. The second-order valence-corrected chi connectivity index (χ2v) is 5.98. The molecule has 1 unspecified atom stereocenters. The van der Waals surface area contributed by atoms with Gasteiger partial charge in [0.2, 0.25) is 5.91 Å². The highest BCUT2D eigenvalue weighted by atomic mass is 32.1. The van der Waals surface area contributed by atoms with E-state index in [1.165, 1.54) is 16.2 Å². The molecule has 1 aromatic heterocycles. The number of aliphatic carboxylic acids is 1. The molecule has 5 nitrogen and oxygen atoms in total. The summed E-state index contributed by atoms with van der Waals surface area (Å²) in [7, 11) is 0. The fraction of sp³-hybridized carbons (Fsp3) is 0.500. The third kappa shape index (κ3) is 3.07. The van der Waals surface area contributed by atoms with Crippen LogP contribution in [0.3, 0.4) is 0 Å². The Kier molecular flexibility index (Phi) is 4.54. The molecule has 6 heteroatoms. The maximum atomic E-state index is 12.3. The summed E-state index contributed by atoms with van der Waals surface area (Å²) in [5, 5.41) is 10.9. The minimum atomic E-state index is -0.965. The zero-order chi connectivity index (χ0) is 14.7. The Labute approximate surface area is 121 Å². The first-order valence-corrected chi connectivity index (χ1v) is 7.48. The molecule has 0 radical (unpaired) electrons. The Hall–Kier alpha value is -1.69. The molecule has 1 N–H and O–H groups in total. The number of rotatable bonds is 5. The van der Waals surface area contributed by atoms with Crippen LogP contribution < -0.4 is 0 Å². The van der Waals surface area contributed by atoms with Gasteiger partial charge < -0.3 is 10.0 Å². The first kappa shape index (κ1) is 14.7. The fourth-order valence-corrected chi connectivity index (χ4v) is 3.15. The standard InChI is InChI=1S/C14H17NO4S/c1-9(8-11(16)12-5-3-7-20-12)13(17)15-6-2-4-10(15)14(18)19/h3,5,7,9-10H,2,4,6,8H2,1H3,(H,18,19)/t9?,10-/m1/s1. The molecule has 0 aliphatic carbocycles. The van der Waals surface area contributed by atoms with E-state index in [9.17, 15) is 14.4 Å². The number of carbonyl (C=O) groups is 3. The number of amides is 1. The summed E-state index contributed by atoms with van der Waals surface area (Å²) in [4.78, 5) is 37.4. The summed E-state index contributed by atoms with van der Waals surface area (Å²) in [6.07, 6.45) is 1.32. The van der Waals surface area contributed by atoms with Gasteiger partial charge in [0, 0.05) is 18.9 Å². The number of thiophene rings is 1. The van der Waals surface area contributed by atoms with Gasteiger partial charge in [-0.05, 0) is 24.3 Å². The van der Waals surface area contributed by atoms with Crippen molar-refractivity contribution in [1.29, 1.82) is 0 Å². The van der Waals surface area contributed by atoms with Gasteiger partial charge >= 0.3 is 5.97 Å². The number of likely N-dealkylation sites (tertiary alicyclic amines) is 1. The maximum absolute atomic E-state index is 12.3. The van der Waals surface area contributed by atoms with Crippen LogP contribution in [0.4, 0.5) is 0 Å². The maximum Gasteiger partial charge on any atom is 0.326 e. The minimum Gasteiger partial charge on any atom is -0.480 e. The average Bonchev–Trinajstić information content (AvgIpc) is 3.08. The lowest BCUT2D eigenvalue weighted by Crippen LogP contribution is -2.43. The molecule has 2 rings (SSSR count). The van der Waals surface area contributed by atoms with E-state index in [1.807, 2.05) is 5.38 Å². The Morgan fingerprint density at radius 3 is 2.85 bits per heavy atom. The number of carboxylic acid groups (broad SMARTS) is 1. The van der Waals surface area contributed by atoms with Crippen molar-refractivity contribution in [3.05, 3.63) is 22.4 Å². The van der Waals surface area contributed by atoms with E-state index < -0.39 is 17.9 Å². The SMILES string of the molecule is CC(CC(=O)c1cccs1)C(=O)N1CCC[C@@H]1C(=O)O. The van der Waals surface area contributed by atoms with Gasteiger partial charge in [-0.3, -0.25) is 9.59 Å². The second kappa shape index (κ2) is 6.17. The van der Waals surface area contributed by atoms with Gasteiger partial charge in [-0.15, -0.1) is 11.3 Å². The minimum absolute atomic E-state index is 0.0630. The lowest BCUT2D eigenvalue weighted by molar-refractivity contribution is -0.149. The first-order chi connectivity index (χ1) is 9.50. The normalized spacial score (nSPS) is 19.9. The summed E-state index contributed by atoms with van der Waals surface area (Å²) < 4.78 is 0. The smallest absolute Gasteiger partial charge is 0.326 e. The van der Waals surface area contributed by atoms with Crippen LogP contribution in [0.15, 0.2) is 17.5 Å². The molecular formula is C14H17NO4S. The van der Waals surface area contributed by atoms with Crippen molar-refractivity contribution >= 4 is 29.0 Å². The summed E-state index contributed by atoms with van der Waals surface area (Å²) in [5.41, 5.74) is 0. The van der Waals surface area contributed by atoms with Crippen molar-refractivity contribution in [2.24, 2.45) is 5.92 Å². The number of nitrogens with zero attached hydrogens (tertiary/aromatic N) is 1. The largest absolute Gasteiger partial charge is 0.480 e. The molecule has 1 fully saturated rings. The molecule has 0 spiro atoms. The lowest BCUT2D eigenvalue weighted by atomic mass is 10.0. The zero-order valence-electron chi connectivity index (χ0n) is 11.2. The number of hydrogen-bond acceptors (Lipinski definition) is 4. The van der Waals surface area contributed by atoms with Crippen molar-refractivity contribution in [2.45, 2.75) is 32.2 Å². The number of carboxylic acids is 1. The molecule has 1 aliphatic rings. The van der Waals surface area contributed by atoms with E-state index in [2.05, 4.69) is 0 Å². The van der Waals surface area contributed by atoms with Crippen LogP contribution in [-0.2, 0) is 9.59 Å². The van der Waals surface area contributed by atoms with Crippen molar-refractivity contribution in [1.82, 2.24) is 4.90 Å². The third-order valence-electron chi connectivity index (χ3n) is 3.53. The lowest BCUT2D eigenvalue weighted by Gasteiger charge is -2.24. The Morgan fingerprint density at radius 1 is 1.50 bits per heavy atom. The molecule has 1 aliphatic heterocycles. The zero-order valence-corrected chi connectivity index (χ0v) is 12.1. The molecule has 1 saturated heterocycles. The molecule has 1 aromatic rings. The van der Waals surface area contributed by atoms with Gasteiger partial charge in [0.15, 0.2) is 5.78 Å². The predicted molar refractivity (Wildman–Crippen MR) is 74.8 cm³/mol. The number of hydrogen-bond donors (Lipinski definition) is 1. The summed E-state index contributed by atoms with van der Waals surface area (Å²) in [5.74, 6) is -1.75. The van der Waals surface area contributed by atoms with Gasteiger partial charge in [0.1, 0.15) is 6.04 Å². The monoisotopic (exact) mass is 295 g/mol. The molecule has 2 heterocycles. The van der Waals surface area contributed by atoms with Gasteiger partial charge in [-0.1, -0.05) is 13.0 Å². The average molecular weight is 295 g/mol. The van der Waals surface area contributed by atoms with Crippen molar-refractivity contribution in [2.75, 3.05) is 6.54 Å². The van der Waals surface area contributed by atoms with Gasteiger partial charge in [0.05, 0.1) is 4.88 Å². The number of ketones is 1. The highest BCUT2D eigenvalue weighted by Crippen LogP contribution is 2.22. The Morgan fingerprint density at radius 2 is 2.25 bits per heavy atom. The summed E-state index contributed by atoms with van der Waals surface area (Å²) in [6, 6.07) is 2.80. The second-order valence-electron chi connectivity index (χ2n) is 5.03. The molecule has 108 valence electrons. The molecular weight excluding hydrogens is 278 g/mol. The fourth-order valence-electron chi connectivity index (χ4n) is 2.47. The van der Waals surface area contributed by atoms with Crippen LogP contribution in [0.2, 0.25) is 0 Å². The molecule has 0 aromatic carbocycles. The highest BCUT2D eigenvalue weighted by molar-refractivity contribution is 7.12. The molecule has 2 atom stereocenters. The topological polar surface area (TPSA) is 74.7 Å². The quantitative estimate of drug-likeness (QED) is 0.843. The van der Waals surface area contributed by atoms with Gasteiger partial charge in [-0.2, -0.15) is 0 Å². The van der Waals surface area contributed by atoms with Crippen LogP contribution in [0.5, 0.6) is 0 Å². The van der Waals surface area contributed by atoms with E-state index in [-0.39, 0.29) is 18.1 Å². The van der Waals surface area contributed by atoms with Crippen molar-refractivity contribution in [3.8, 4) is 0 Å². The molecule has 1 amide bonds. The van der Waals surface area contributed by atoms with Crippen LogP contribution in [0.25, 0.3) is 0 Å². The van der Waals surface area contributed by atoms with E-state index in [4.69, 9.17) is 5.11 Å². The Balaban J connectivity index is 1.98. The van der Waals surface area contributed by atoms with Crippen LogP contribution in [0, 0.1) is 5.92 Å². The van der Waals surface area contributed by atoms with Crippen molar-refractivity contribution in [3.63, 3.8) is 0 Å². The van der Waals surface area contributed by atoms with E-state index >= 15 is 0 Å².